The van der Waals surface area contributed by atoms with E-state index in [0.29, 0.717) is 12.1 Å². The minimum absolute atomic E-state index is 0.150. The van der Waals surface area contributed by atoms with Gasteiger partial charge in [0.05, 0.1) is 12.6 Å². The molecule has 0 aromatic rings. The van der Waals surface area contributed by atoms with Crippen LogP contribution in [0, 0.1) is 0 Å². The van der Waals surface area contributed by atoms with Gasteiger partial charge in [0.1, 0.15) is 0 Å². The molecule has 0 amide bonds. The van der Waals surface area contributed by atoms with Crippen molar-refractivity contribution in [2.24, 2.45) is 0 Å². The third-order valence-corrected chi connectivity index (χ3v) is 3.19. The number of carboxylic acids is 1. The van der Waals surface area contributed by atoms with Crippen LogP contribution in [-0.2, 0) is 9.53 Å². The van der Waals surface area contributed by atoms with Gasteiger partial charge >= 0.3 is 5.97 Å². The molecule has 1 N–H and O–H groups in total. The lowest BCUT2D eigenvalue weighted by Crippen LogP contribution is -2.43. The third-order valence-electron chi connectivity index (χ3n) is 3.19. The summed E-state index contributed by atoms with van der Waals surface area (Å²) in [5.41, 5.74) is 0. The Morgan fingerprint density at radius 3 is 2.80 bits per heavy atom. The molecule has 0 aromatic carbocycles. The van der Waals surface area contributed by atoms with Crippen LogP contribution in [0.2, 0.25) is 0 Å². The Balaban J connectivity index is 2.47. The van der Waals surface area contributed by atoms with Crippen molar-refractivity contribution in [3.05, 3.63) is 0 Å². The van der Waals surface area contributed by atoms with Crippen molar-refractivity contribution in [2.75, 3.05) is 20.2 Å². The molecule has 1 aliphatic carbocycles. The maximum absolute atomic E-state index is 10.7. The zero-order chi connectivity index (χ0) is 11.3. The molecule has 1 rings (SSSR count). The summed E-state index contributed by atoms with van der Waals surface area (Å²) in [7, 11) is 1.74. The summed E-state index contributed by atoms with van der Waals surface area (Å²) in [6, 6.07) is 0.379. The van der Waals surface area contributed by atoms with Gasteiger partial charge in [-0.15, -0.1) is 0 Å². The smallest absolute Gasteiger partial charge is 0.317 e. The SMILES string of the molecule is CCN(CC(=O)O)C1CCCC(OC)C1. The summed E-state index contributed by atoms with van der Waals surface area (Å²) in [5, 5.41) is 8.80. The molecule has 4 heteroatoms. The van der Waals surface area contributed by atoms with E-state index < -0.39 is 5.97 Å². The molecule has 0 bridgehead atoms. The van der Waals surface area contributed by atoms with Gasteiger partial charge in [-0.25, -0.2) is 0 Å². The highest BCUT2D eigenvalue weighted by Gasteiger charge is 2.26. The summed E-state index contributed by atoms with van der Waals surface area (Å²) >= 11 is 0. The normalized spacial score (nSPS) is 26.9. The third kappa shape index (κ3) is 3.80. The Bertz CT molecular complexity index is 208. The number of hydrogen-bond donors (Lipinski definition) is 1. The van der Waals surface area contributed by atoms with Gasteiger partial charge in [-0.1, -0.05) is 6.92 Å². The van der Waals surface area contributed by atoms with E-state index in [4.69, 9.17) is 9.84 Å². The number of rotatable bonds is 5. The average molecular weight is 215 g/mol. The molecular weight excluding hydrogens is 194 g/mol. The van der Waals surface area contributed by atoms with E-state index in [-0.39, 0.29) is 6.54 Å². The van der Waals surface area contributed by atoms with Crippen LogP contribution in [-0.4, -0.2) is 48.3 Å². The van der Waals surface area contributed by atoms with E-state index in [9.17, 15) is 4.79 Å². The standard InChI is InChI=1S/C11H21NO3/c1-3-12(8-11(13)14)9-5-4-6-10(7-9)15-2/h9-10H,3-8H2,1-2H3,(H,13,14). The van der Waals surface area contributed by atoms with Gasteiger partial charge in [0.15, 0.2) is 0 Å². The number of methoxy groups -OCH3 is 1. The molecule has 4 nitrogen and oxygen atoms in total. The first-order valence-corrected chi connectivity index (χ1v) is 5.66. The van der Waals surface area contributed by atoms with E-state index in [2.05, 4.69) is 0 Å². The quantitative estimate of drug-likeness (QED) is 0.752. The van der Waals surface area contributed by atoms with Crippen molar-refractivity contribution in [1.82, 2.24) is 4.90 Å². The van der Waals surface area contributed by atoms with Crippen molar-refractivity contribution >= 4 is 5.97 Å². The highest BCUT2D eigenvalue weighted by atomic mass is 16.5. The largest absolute Gasteiger partial charge is 0.480 e. The molecule has 0 saturated heterocycles. The predicted octanol–water partition coefficient (Wildman–Crippen LogP) is 1.35. The lowest BCUT2D eigenvalue weighted by Gasteiger charge is -2.35. The van der Waals surface area contributed by atoms with Gasteiger partial charge in [-0.05, 0) is 32.2 Å². The van der Waals surface area contributed by atoms with Crippen molar-refractivity contribution < 1.29 is 14.6 Å². The van der Waals surface area contributed by atoms with Crippen molar-refractivity contribution in [1.29, 1.82) is 0 Å². The molecule has 0 aromatic heterocycles. The van der Waals surface area contributed by atoms with Gasteiger partial charge in [0.2, 0.25) is 0 Å². The van der Waals surface area contributed by atoms with Crippen molar-refractivity contribution in [3.8, 4) is 0 Å². The molecule has 0 radical (unpaired) electrons. The van der Waals surface area contributed by atoms with Crippen LogP contribution in [0.25, 0.3) is 0 Å². The van der Waals surface area contributed by atoms with E-state index in [1.165, 1.54) is 0 Å². The molecule has 88 valence electrons. The summed E-state index contributed by atoms with van der Waals surface area (Å²) in [6.07, 6.45) is 4.63. The zero-order valence-corrected chi connectivity index (χ0v) is 9.61. The van der Waals surface area contributed by atoms with Gasteiger partial charge in [0.25, 0.3) is 0 Å². The van der Waals surface area contributed by atoms with Crippen molar-refractivity contribution in [2.45, 2.75) is 44.8 Å². The minimum atomic E-state index is -0.739. The Labute approximate surface area is 91.2 Å². The Hall–Kier alpha value is -0.610. The monoisotopic (exact) mass is 215 g/mol. The van der Waals surface area contributed by atoms with Gasteiger partial charge in [-0.2, -0.15) is 0 Å². The van der Waals surface area contributed by atoms with Gasteiger partial charge in [-0.3, -0.25) is 9.69 Å². The predicted molar refractivity (Wildman–Crippen MR) is 57.9 cm³/mol. The summed E-state index contributed by atoms with van der Waals surface area (Å²) in [5.74, 6) is -0.739. The number of ether oxygens (including phenoxy) is 1. The summed E-state index contributed by atoms with van der Waals surface area (Å²) in [6.45, 7) is 2.96. The maximum Gasteiger partial charge on any atom is 0.317 e. The molecule has 0 heterocycles. The van der Waals surface area contributed by atoms with E-state index in [0.717, 1.165) is 32.2 Å². The Morgan fingerprint density at radius 1 is 1.53 bits per heavy atom. The molecule has 0 aliphatic heterocycles. The number of nitrogens with zero attached hydrogens (tertiary/aromatic N) is 1. The second kappa shape index (κ2) is 6.08. The van der Waals surface area contributed by atoms with E-state index in [1.807, 2.05) is 11.8 Å². The van der Waals surface area contributed by atoms with E-state index in [1.54, 1.807) is 7.11 Å². The highest BCUT2D eigenvalue weighted by Crippen LogP contribution is 2.24. The molecule has 1 saturated carbocycles. The maximum atomic E-state index is 10.7. The zero-order valence-electron chi connectivity index (χ0n) is 9.61. The van der Waals surface area contributed by atoms with Crippen LogP contribution in [0.15, 0.2) is 0 Å². The van der Waals surface area contributed by atoms with E-state index >= 15 is 0 Å². The van der Waals surface area contributed by atoms with Gasteiger partial charge in [0, 0.05) is 13.2 Å². The summed E-state index contributed by atoms with van der Waals surface area (Å²) < 4.78 is 5.35. The molecule has 2 atom stereocenters. The second-order valence-electron chi connectivity index (χ2n) is 4.13. The second-order valence-corrected chi connectivity index (χ2v) is 4.13. The molecule has 0 spiro atoms. The first-order valence-electron chi connectivity index (χ1n) is 5.66. The molecule has 1 aliphatic rings. The summed E-state index contributed by atoms with van der Waals surface area (Å²) in [4.78, 5) is 12.7. The number of carboxylic acid groups (broad SMARTS) is 1. The Kier molecular flexibility index (Phi) is 5.05. The topological polar surface area (TPSA) is 49.8 Å². The molecular formula is C11H21NO3. The number of aliphatic carboxylic acids is 1. The van der Waals surface area contributed by atoms with Crippen LogP contribution in [0.1, 0.15) is 32.6 Å². The lowest BCUT2D eigenvalue weighted by atomic mass is 9.91. The van der Waals surface area contributed by atoms with Crippen LogP contribution in [0.5, 0.6) is 0 Å². The minimum Gasteiger partial charge on any atom is -0.480 e. The first kappa shape index (κ1) is 12.5. The first-order chi connectivity index (χ1) is 7.17. The highest BCUT2D eigenvalue weighted by molar-refractivity contribution is 5.69. The van der Waals surface area contributed by atoms with Crippen LogP contribution in [0.3, 0.4) is 0 Å². The van der Waals surface area contributed by atoms with Gasteiger partial charge < -0.3 is 9.84 Å². The number of carbonyl (C=O) groups is 1. The van der Waals surface area contributed by atoms with Crippen LogP contribution < -0.4 is 0 Å². The fourth-order valence-corrected chi connectivity index (χ4v) is 2.34. The lowest BCUT2D eigenvalue weighted by molar-refractivity contribution is -0.139. The van der Waals surface area contributed by atoms with Crippen molar-refractivity contribution in [3.63, 3.8) is 0 Å². The fourth-order valence-electron chi connectivity index (χ4n) is 2.34. The number of likely N-dealkylation sites (N-methyl/N-ethyl adjacent to an activating group) is 1. The molecule has 1 fully saturated rings. The molecule has 15 heavy (non-hydrogen) atoms. The Morgan fingerprint density at radius 2 is 2.27 bits per heavy atom. The molecule has 2 unspecified atom stereocenters. The van der Waals surface area contributed by atoms with Crippen LogP contribution in [0.4, 0.5) is 0 Å². The van der Waals surface area contributed by atoms with Crippen LogP contribution >= 0.6 is 0 Å². The fraction of sp³-hybridized carbons (Fsp3) is 0.909. The number of hydrogen-bond acceptors (Lipinski definition) is 3. The average Bonchev–Trinajstić information content (AvgIpc) is 2.25.